The number of hydrogen-bond donors (Lipinski definition) is 2. The van der Waals surface area contributed by atoms with Crippen molar-refractivity contribution in [3.8, 4) is 0 Å². The van der Waals surface area contributed by atoms with Crippen molar-refractivity contribution in [1.29, 1.82) is 0 Å². The molecule has 0 bridgehead atoms. The molecule has 4 nitrogen and oxygen atoms in total. The van der Waals surface area contributed by atoms with Gasteiger partial charge in [0.25, 0.3) is 0 Å². The molecule has 17 heavy (non-hydrogen) atoms. The number of hydrazine groups is 1. The normalized spacial score (nSPS) is 13.6. The Bertz CT molecular complexity index is 462. The van der Waals surface area contributed by atoms with E-state index in [0.29, 0.717) is 18.4 Å². The fraction of sp³-hybridized carbons (Fsp3) is 0.455. The SMILES string of the molecule is CS(=O)(=O)CCCC(NN)c1ccccc1F. The Morgan fingerprint density at radius 3 is 2.59 bits per heavy atom. The minimum Gasteiger partial charge on any atom is -0.271 e. The molecule has 1 atom stereocenters. The summed E-state index contributed by atoms with van der Waals surface area (Å²) in [6, 6.07) is 5.96. The molecule has 6 heteroatoms. The van der Waals surface area contributed by atoms with Gasteiger partial charge in [-0.05, 0) is 18.9 Å². The van der Waals surface area contributed by atoms with E-state index in [4.69, 9.17) is 5.84 Å². The largest absolute Gasteiger partial charge is 0.271 e. The van der Waals surface area contributed by atoms with Gasteiger partial charge in [-0.2, -0.15) is 0 Å². The molecule has 0 heterocycles. The molecular weight excluding hydrogens is 243 g/mol. The molecule has 1 aromatic carbocycles. The molecule has 1 unspecified atom stereocenters. The summed E-state index contributed by atoms with van der Waals surface area (Å²) < 4.78 is 35.4. The quantitative estimate of drug-likeness (QED) is 0.594. The van der Waals surface area contributed by atoms with Crippen LogP contribution < -0.4 is 11.3 Å². The van der Waals surface area contributed by atoms with E-state index in [1.165, 1.54) is 12.3 Å². The van der Waals surface area contributed by atoms with Crippen LogP contribution in [0, 0.1) is 5.82 Å². The predicted molar refractivity (Wildman–Crippen MR) is 65.4 cm³/mol. The summed E-state index contributed by atoms with van der Waals surface area (Å²) in [6.45, 7) is 0. The first-order valence-electron chi connectivity index (χ1n) is 5.32. The van der Waals surface area contributed by atoms with E-state index in [0.717, 1.165) is 0 Å². The first kappa shape index (κ1) is 14.1. The number of hydrogen-bond acceptors (Lipinski definition) is 4. The van der Waals surface area contributed by atoms with Crippen LogP contribution in [-0.2, 0) is 9.84 Å². The number of sulfone groups is 1. The average molecular weight is 260 g/mol. The van der Waals surface area contributed by atoms with Crippen molar-refractivity contribution in [3.05, 3.63) is 35.6 Å². The lowest BCUT2D eigenvalue weighted by atomic mass is 10.0. The monoisotopic (exact) mass is 260 g/mol. The highest BCUT2D eigenvalue weighted by Gasteiger charge is 2.14. The molecule has 0 saturated heterocycles. The lowest BCUT2D eigenvalue weighted by Gasteiger charge is -2.16. The molecule has 0 saturated carbocycles. The summed E-state index contributed by atoms with van der Waals surface area (Å²) in [5.74, 6) is 5.10. The summed E-state index contributed by atoms with van der Waals surface area (Å²) in [6.07, 6.45) is 2.10. The number of benzene rings is 1. The van der Waals surface area contributed by atoms with E-state index in [2.05, 4.69) is 5.43 Å². The Morgan fingerprint density at radius 2 is 2.06 bits per heavy atom. The molecule has 3 N–H and O–H groups in total. The summed E-state index contributed by atoms with van der Waals surface area (Å²) >= 11 is 0. The van der Waals surface area contributed by atoms with Gasteiger partial charge in [-0.25, -0.2) is 12.8 Å². The van der Waals surface area contributed by atoms with Crippen LogP contribution in [0.1, 0.15) is 24.4 Å². The van der Waals surface area contributed by atoms with Gasteiger partial charge in [0.15, 0.2) is 0 Å². The van der Waals surface area contributed by atoms with Crippen LogP contribution in [0.5, 0.6) is 0 Å². The lowest BCUT2D eigenvalue weighted by molar-refractivity contribution is 0.480. The van der Waals surface area contributed by atoms with Gasteiger partial charge in [-0.15, -0.1) is 0 Å². The molecule has 96 valence electrons. The highest BCUT2D eigenvalue weighted by molar-refractivity contribution is 7.90. The second kappa shape index (κ2) is 6.09. The summed E-state index contributed by atoms with van der Waals surface area (Å²) in [7, 11) is -2.98. The molecule has 0 aromatic heterocycles. The fourth-order valence-corrected chi connectivity index (χ4v) is 2.33. The molecule has 0 aliphatic carbocycles. The number of nitrogens with one attached hydrogen (secondary N) is 1. The number of nitrogens with two attached hydrogens (primary N) is 1. The molecular formula is C11H17FN2O2S. The number of halogens is 1. The minimum atomic E-state index is -2.98. The van der Waals surface area contributed by atoms with Crippen LogP contribution in [-0.4, -0.2) is 20.4 Å². The molecule has 0 fully saturated rings. The second-order valence-corrected chi connectivity index (χ2v) is 6.27. The zero-order chi connectivity index (χ0) is 12.9. The van der Waals surface area contributed by atoms with Crippen LogP contribution in [0.3, 0.4) is 0 Å². The highest BCUT2D eigenvalue weighted by Crippen LogP contribution is 2.20. The van der Waals surface area contributed by atoms with E-state index >= 15 is 0 Å². The first-order chi connectivity index (χ1) is 7.94. The maximum absolute atomic E-state index is 13.5. The zero-order valence-electron chi connectivity index (χ0n) is 9.69. The van der Waals surface area contributed by atoms with E-state index < -0.39 is 9.84 Å². The smallest absolute Gasteiger partial charge is 0.147 e. The van der Waals surface area contributed by atoms with Crippen molar-refractivity contribution < 1.29 is 12.8 Å². The highest BCUT2D eigenvalue weighted by atomic mass is 32.2. The summed E-state index contributed by atoms with van der Waals surface area (Å²) in [4.78, 5) is 0. The molecule has 0 amide bonds. The van der Waals surface area contributed by atoms with Crippen LogP contribution >= 0.6 is 0 Å². The van der Waals surface area contributed by atoms with Crippen molar-refractivity contribution in [2.24, 2.45) is 5.84 Å². The van der Waals surface area contributed by atoms with E-state index in [-0.39, 0.29) is 17.6 Å². The molecule has 1 rings (SSSR count). The average Bonchev–Trinajstić information content (AvgIpc) is 2.24. The van der Waals surface area contributed by atoms with Crippen LogP contribution in [0.4, 0.5) is 4.39 Å². The van der Waals surface area contributed by atoms with Gasteiger partial charge in [0.1, 0.15) is 15.7 Å². The van der Waals surface area contributed by atoms with Crippen LogP contribution in [0.15, 0.2) is 24.3 Å². The molecule has 0 radical (unpaired) electrons. The van der Waals surface area contributed by atoms with E-state index in [1.807, 2.05) is 0 Å². The van der Waals surface area contributed by atoms with Crippen molar-refractivity contribution in [2.75, 3.05) is 12.0 Å². The Hall–Kier alpha value is -0.980. The Kier molecular flexibility index (Phi) is 5.04. The van der Waals surface area contributed by atoms with Gasteiger partial charge in [0.05, 0.1) is 0 Å². The molecule has 0 aliphatic heterocycles. The molecule has 0 aliphatic rings. The third kappa shape index (κ3) is 4.80. The number of rotatable bonds is 6. The summed E-state index contributed by atoms with van der Waals surface area (Å²) in [5.41, 5.74) is 2.97. The van der Waals surface area contributed by atoms with Gasteiger partial charge >= 0.3 is 0 Å². The standard InChI is InChI=1S/C11H17FN2O2S/c1-17(15,16)8-4-7-11(14-13)9-5-2-3-6-10(9)12/h2-3,5-6,11,14H,4,7-8,13H2,1H3. The first-order valence-corrected chi connectivity index (χ1v) is 7.38. The van der Waals surface area contributed by atoms with Gasteiger partial charge in [-0.1, -0.05) is 18.2 Å². The predicted octanol–water partition coefficient (Wildman–Crippen LogP) is 1.15. The topological polar surface area (TPSA) is 72.2 Å². The summed E-state index contributed by atoms with van der Waals surface area (Å²) in [5, 5.41) is 0. The Labute approximate surface area is 101 Å². The lowest BCUT2D eigenvalue weighted by Crippen LogP contribution is -2.29. The maximum Gasteiger partial charge on any atom is 0.147 e. The third-order valence-corrected chi connectivity index (χ3v) is 3.52. The third-order valence-electron chi connectivity index (χ3n) is 2.49. The van der Waals surface area contributed by atoms with E-state index in [9.17, 15) is 12.8 Å². The van der Waals surface area contributed by atoms with Gasteiger partial charge in [-0.3, -0.25) is 11.3 Å². The van der Waals surface area contributed by atoms with Gasteiger partial charge in [0, 0.05) is 23.6 Å². The Morgan fingerprint density at radius 1 is 1.41 bits per heavy atom. The Balaban J connectivity index is 2.64. The van der Waals surface area contributed by atoms with Gasteiger partial charge in [0.2, 0.25) is 0 Å². The van der Waals surface area contributed by atoms with Crippen molar-refractivity contribution >= 4 is 9.84 Å². The zero-order valence-corrected chi connectivity index (χ0v) is 10.5. The van der Waals surface area contributed by atoms with Crippen molar-refractivity contribution in [2.45, 2.75) is 18.9 Å². The fourth-order valence-electron chi connectivity index (χ4n) is 1.64. The van der Waals surface area contributed by atoms with Crippen LogP contribution in [0.25, 0.3) is 0 Å². The van der Waals surface area contributed by atoms with E-state index in [1.54, 1.807) is 18.2 Å². The molecule has 0 spiro atoms. The second-order valence-electron chi connectivity index (χ2n) is 4.01. The maximum atomic E-state index is 13.5. The van der Waals surface area contributed by atoms with Crippen LogP contribution in [0.2, 0.25) is 0 Å². The van der Waals surface area contributed by atoms with Crippen molar-refractivity contribution in [1.82, 2.24) is 5.43 Å². The minimum absolute atomic E-state index is 0.0830. The van der Waals surface area contributed by atoms with Crippen molar-refractivity contribution in [3.63, 3.8) is 0 Å². The molecule has 1 aromatic rings. The van der Waals surface area contributed by atoms with Gasteiger partial charge < -0.3 is 0 Å².